The summed E-state index contributed by atoms with van der Waals surface area (Å²) in [4.78, 5) is 2.63. The molecule has 0 aromatic carbocycles. The Kier molecular flexibility index (Phi) is 2.92. The van der Waals surface area contributed by atoms with Gasteiger partial charge < -0.3 is 9.47 Å². The number of nitrogens with zero attached hydrogens (tertiary/aromatic N) is 3. The maximum atomic E-state index is 8.05. The van der Waals surface area contributed by atoms with Crippen molar-refractivity contribution in [2.75, 3.05) is 19.8 Å². The van der Waals surface area contributed by atoms with Crippen LogP contribution in [-0.4, -0.2) is 26.0 Å². The minimum Gasteiger partial charge on any atom is -0.352 e. The molecule has 1 fully saturated rings. The predicted octanol–water partition coefficient (Wildman–Crippen LogP) is 1.70. The first-order valence-corrected chi connectivity index (χ1v) is 3.88. The second-order valence-corrected chi connectivity index (χ2v) is 3.63. The van der Waals surface area contributed by atoms with Crippen molar-refractivity contribution in [2.45, 2.75) is 20.1 Å². The fourth-order valence-corrected chi connectivity index (χ4v) is 0.935. The number of azide groups is 1. The van der Waals surface area contributed by atoms with Crippen molar-refractivity contribution in [3.05, 3.63) is 10.4 Å². The molecular weight excluding hydrogens is 158 g/mol. The lowest BCUT2D eigenvalue weighted by molar-refractivity contribution is -0.215. The molecule has 0 saturated carbocycles. The van der Waals surface area contributed by atoms with Gasteiger partial charge in [0.2, 0.25) is 0 Å². The summed E-state index contributed by atoms with van der Waals surface area (Å²) >= 11 is 0. The Balaban J connectivity index is 2.31. The van der Waals surface area contributed by atoms with Crippen LogP contribution in [0.25, 0.3) is 10.4 Å². The molecule has 0 N–H and O–H groups in total. The molecule has 0 atom stereocenters. The first kappa shape index (κ1) is 9.32. The van der Waals surface area contributed by atoms with Crippen molar-refractivity contribution >= 4 is 0 Å². The standard InChI is InChI=1S/C7H13N3O2/c1-7(2)4-11-6(12-5-7)3-9-10-8/h6H,3-5H2,1-2H3. The second-order valence-electron chi connectivity index (χ2n) is 3.63. The Morgan fingerprint density at radius 3 is 2.58 bits per heavy atom. The van der Waals surface area contributed by atoms with E-state index < -0.39 is 0 Å². The van der Waals surface area contributed by atoms with Crippen LogP contribution in [0.4, 0.5) is 0 Å². The molecular formula is C7H13N3O2. The van der Waals surface area contributed by atoms with Crippen molar-refractivity contribution in [1.29, 1.82) is 0 Å². The van der Waals surface area contributed by atoms with Gasteiger partial charge in [0.05, 0.1) is 19.8 Å². The molecule has 1 aliphatic rings. The molecule has 1 rings (SSSR count). The molecule has 0 spiro atoms. The first-order valence-electron chi connectivity index (χ1n) is 3.88. The number of rotatable bonds is 2. The van der Waals surface area contributed by atoms with Gasteiger partial charge in [-0.3, -0.25) is 0 Å². The van der Waals surface area contributed by atoms with Gasteiger partial charge >= 0.3 is 0 Å². The lowest BCUT2D eigenvalue weighted by Crippen LogP contribution is -2.38. The SMILES string of the molecule is CC1(C)COC(CN=[N+]=[N-])OC1. The van der Waals surface area contributed by atoms with Gasteiger partial charge in [-0.15, -0.1) is 0 Å². The summed E-state index contributed by atoms with van der Waals surface area (Å²) in [6.45, 7) is 5.69. The molecule has 1 heterocycles. The van der Waals surface area contributed by atoms with Crippen molar-refractivity contribution in [1.82, 2.24) is 0 Å². The molecule has 0 unspecified atom stereocenters. The van der Waals surface area contributed by atoms with Crippen LogP contribution in [-0.2, 0) is 9.47 Å². The van der Waals surface area contributed by atoms with Gasteiger partial charge in [-0.1, -0.05) is 19.0 Å². The van der Waals surface area contributed by atoms with Gasteiger partial charge in [0.1, 0.15) is 0 Å². The average Bonchev–Trinajstić information content (AvgIpc) is 2.03. The first-order chi connectivity index (χ1) is 5.64. The van der Waals surface area contributed by atoms with E-state index in [1.54, 1.807) is 0 Å². The fraction of sp³-hybridized carbons (Fsp3) is 1.00. The zero-order valence-electron chi connectivity index (χ0n) is 7.36. The minimum atomic E-state index is -0.353. The van der Waals surface area contributed by atoms with Gasteiger partial charge in [-0.2, -0.15) is 0 Å². The monoisotopic (exact) mass is 171 g/mol. The van der Waals surface area contributed by atoms with Crippen LogP contribution in [0, 0.1) is 5.41 Å². The van der Waals surface area contributed by atoms with Crippen molar-refractivity contribution in [3.63, 3.8) is 0 Å². The van der Waals surface area contributed by atoms with Gasteiger partial charge in [0.25, 0.3) is 0 Å². The van der Waals surface area contributed by atoms with E-state index in [-0.39, 0.29) is 18.2 Å². The summed E-state index contributed by atoms with van der Waals surface area (Å²) in [5.74, 6) is 0. The summed E-state index contributed by atoms with van der Waals surface area (Å²) in [5, 5.41) is 3.37. The van der Waals surface area contributed by atoms with E-state index in [9.17, 15) is 0 Å². The third kappa shape index (κ3) is 2.70. The van der Waals surface area contributed by atoms with Crippen LogP contribution in [0.5, 0.6) is 0 Å². The minimum absolute atomic E-state index is 0.0762. The van der Waals surface area contributed by atoms with Crippen LogP contribution in [0.3, 0.4) is 0 Å². The molecule has 0 radical (unpaired) electrons. The van der Waals surface area contributed by atoms with Crippen LogP contribution in [0.1, 0.15) is 13.8 Å². The summed E-state index contributed by atoms with van der Waals surface area (Å²) in [7, 11) is 0. The highest BCUT2D eigenvalue weighted by atomic mass is 16.7. The molecule has 0 aromatic rings. The van der Waals surface area contributed by atoms with E-state index in [0.29, 0.717) is 13.2 Å². The van der Waals surface area contributed by atoms with E-state index in [4.69, 9.17) is 15.0 Å². The Morgan fingerprint density at radius 1 is 1.50 bits per heavy atom. The second kappa shape index (κ2) is 3.76. The van der Waals surface area contributed by atoms with E-state index in [2.05, 4.69) is 23.9 Å². The normalized spacial score (nSPS) is 23.2. The Morgan fingerprint density at radius 2 is 2.08 bits per heavy atom. The fourth-order valence-electron chi connectivity index (χ4n) is 0.935. The molecule has 5 nitrogen and oxygen atoms in total. The topological polar surface area (TPSA) is 67.2 Å². The molecule has 5 heteroatoms. The van der Waals surface area contributed by atoms with Crippen molar-refractivity contribution in [2.24, 2.45) is 10.5 Å². The Labute approximate surface area is 71.3 Å². The molecule has 0 aliphatic carbocycles. The van der Waals surface area contributed by atoms with Crippen LogP contribution >= 0.6 is 0 Å². The van der Waals surface area contributed by atoms with Crippen molar-refractivity contribution in [3.8, 4) is 0 Å². The van der Waals surface area contributed by atoms with E-state index >= 15 is 0 Å². The highest BCUT2D eigenvalue weighted by molar-refractivity contribution is 4.71. The highest BCUT2D eigenvalue weighted by Crippen LogP contribution is 2.22. The Bertz CT molecular complexity index is 189. The van der Waals surface area contributed by atoms with Gasteiger partial charge in [0.15, 0.2) is 6.29 Å². The zero-order valence-corrected chi connectivity index (χ0v) is 7.36. The maximum Gasteiger partial charge on any atom is 0.163 e. The largest absolute Gasteiger partial charge is 0.352 e. The van der Waals surface area contributed by atoms with Gasteiger partial charge in [0, 0.05) is 10.3 Å². The molecule has 1 aliphatic heterocycles. The number of hydrogen-bond acceptors (Lipinski definition) is 3. The molecule has 12 heavy (non-hydrogen) atoms. The summed E-state index contributed by atoms with van der Waals surface area (Å²) in [6, 6.07) is 0. The maximum absolute atomic E-state index is 8.05. The van der Waals surface area contributed by atoms with Crippen molar-refractivity contribution < 1.29 is 9.47 Å². The molecule has 0 amide bonds. The summed E-state index contributed by atoms with van der Waals surface area (Å²) in [5.41, 5.74) is 8.12. The molecule has 0 bridgehead atoms. The van der Waals surface area contributed by atoms with Gasteiger partial charge in [-0.25, -0.2) is 0 Å². The Hall–Kier alpha value is -0.770. The average molecular weight is 171 g/mol. The molecule has 68 valence electrons. The third-order valence-electron chi connectivity index (χ3n) is 1.61. The summed E-state index contributed by atoms with van der Waals surface area (Å²) < 4.78 is 10.6. The van der Waals surface area contributed by atoms with Gasteiger partial charge in [-0.05, 0) is 5.53 Å². The molecule has 0 aromatic heterocycles. The van der Waals surface area contributed by atoms with Crippen LogP contribution in [0.15, 0.2) is 5.11 Å². The highest BCUT2D eigenvalue weighted by Gasteiger charge is 2.27. The van der Waals surface area contributed by atoms with E-state index in [0.717, 1.165) is 0 Å². The predicted molar refractivity (Wildman–Crippen MR) is 43.5 cm³/mol. The molecule has 1 saturated heterocycles. The van der Waals surface area contributed by atoms with Crippen LogP contribution in [0.2, 0.25) is 0 Å². The van der Waals surface area contributed by atoms with E-state index in [1.807, 2.05) is 0 Å². The third-order valence-corrected chi connectivity index (χ3v) is 1.61. The lowest BCUT2D eigenvalue weighted by Gasteiger charge is -2.33. The zero-order chi connectivity index (χ0) is 9.03. The van der Waals surface area contributed by atoms with Crippen LogP contribution < -0.4 is 0 Å². The summed E-state index contributed by atoms with van der Waals surface area (Å²) in [6.07, 6.45) is -0.353. The lowest BCUT2D eigenvalue weighted by atomic mass is 9.96. The van der Waals surface area contributed by atoms with E-state index in [1.165, 1.54) is 0 Å². The smallest absolute Gasteiger partial charge is 0.163 e. The number of ether oxygens (including phenoxy) is 2. The quantitative estimate of drug-likeness (QED) is 0.360. The number of hydrogen-bond donors (Lipinski definition) is 0.